The molecular weight excluding hydrogens is 406 g/mol. The van der Waals surface area contributed by atoms with Crippen LogP contribution in [0.15, 0.2) is 65.7 Å². The summed E-state index contributed by atoms with van der Waals surface area (Å²) < 4.78 is 5.73. The van der Waals surface area contributed by atoms with E-state index in [1.165, 1.54) is 17.1 Å². The smallest absolute Gasteiger partial charge is 0.278 e. The minimum absolute atomic E-state index is 0.0217. The van der Waals surface area contributed by atoms with Crippen LogP contribution in [0.3, 0.4) is 0 Å². The van der Waals surface area contributed by atoms with Gasteiger partial charge in [-0.25, -0.2) is 4.99 Å². The monoisotopic (exact) mass is 423 g/mol. The molecule has 0 saturated carbocycles. The van der Waals surface area contributed by atoms with E-state index in [1.807, 2.05) is 30.3 Å². The molecule has 30 heavy (non-hydrogen) atoms. The second-order valence-electron chi connectivity index (χ2n) is 6.79. The van der Waals surface area contributed by atoms with E-state index in [9.17, 15) is 14.4 Å². The van der Waals surface area contributed by atoms with Gasteiger partial charge in [0.05, 0.1) is 24.6 Å². The zero-order chi connectivity index (χ0) is 21.3. The lowest BCUT2D eigenvalue weighted by atomic mass is 10.0. The fourth-order valence-electron chi connectivity index (χ4n) is 3.36. The number of imide groups is 1. The molecule has 0 radical (unpaired) electrons. The molecule has 1 atom stereocenters. The van der Waals surface area contributed by atoms with Crippen LogP contribution in [0.2, 0.25) is 5.02 Å². The molecule has 3 amide bonds. The quantitative estimate of drug-likeness (QED) is 0.692. The number of nitrogens with zero attached hydrogens (tertiary/aromatic N) is 3. The molecule has 0 bridgehead atoms. The number of benzene rings is 2. The molecule has 8 heteroatoms. The third-order valence-electron chi connectivity index (χ3n) is 4.90. The maximum Gasteiger partial charge on any atom is 0.278 e. The first kappa shape index (κ1) is 20.0. The topological polar surface area (TPSA) is 79.3 Å². The summed E-state index contributed by atoms with van der Waals surface area (Å²) in [4.78, 5) is 43.6. The van der Waals surface area contributed by atoms with Crippen molar-refractivity contribution in [1.29, 1.82) is 0 Å². The van der Waals surface area contributed by atoms with Gasteiger partial charge in [-0.3, -0.25) is 19.3 Å². The number of fused-ring (bicyclic) bond motifs is 1. The number of benzodiazepines with no additional fused rings is 1. The summed E-state index contributed by atoms with van der Waals surface area (Å²) >= 11 is 6.22. The average molecular weight is 424 g/mol. The Bertz CT molecular complexity index is 1060. The maximum absolute atomic E-state index is 13.0. The van der Waals surface area contributed by atoms with E-state index >= 15 is 0 Å². The molecule has 1 unspecified atom stereocenters. The summed E-state index contributed by atoms with van der Waals surface area (Å²) in [5.41, 5.74) is 2.76. The molecule has 2 aromatic rings. The van der Waals surface area contributed by atoms with E-state index in [0.717, 1.165) is 10.5 Å². The summed E-state index contributed by atoms with van der Waals surface area (Å²) in [5.74, 6) is -1.16. The number of aliphatic imine (C=N–C) groups is 1. The van der Waals surface area contributed by atoms with Gasteiger partial charge in [-0.2, -0.15) is 0 Å². The summed E-state index contributed by atoms with van der Waals surface area (Å²) in [5, 5.41) is 0.524. The van der Waals surface area contributed by atoms with Gasteiger partial charge < -0.3 is 9.64 Å². The molecule has 7 nitrogen and oxygen atoms in total. The van der Waals surface area contributed by atoms with Crippen molar-refractivity contribution >= 4 is 40.7 Å². The Morgan fingerprint density at radius 2 is 1.73 bits per heavy atom. The first-order chi connectivity index (χ1) is 14.5. The van der Waals surface area contributed by atoms with Crippen molar-refractivity contribution in [2.75, 3.05) is 25.1 Å². The normalized spacial score (nSPS) is 18.5. The summed E-state index contributed by atoms with van der Waals surface area (Å²) in [6.45, 7) is 0.0131. The zero-order valence-electron chi connectivity index (χ0n) is 16.1. The number of anilines is 1. The predicted octanol–water partition coefficient (Wildman–Crippen LogP) is 2.42. The van der Waals surface area contributed by atoms with Gasteiger partial charge in [0.1, 0.15) is 0 Å². The van der Waals surface area contributed by atoms with Crippen molar-refractivity contribution in [3.05, 3.63) is 76.8 Å². The standard InChI is InChI=1S/C22H18ClN3O4/c1-25-17-8-7-15(23)13-16(17)20(14-5-3-2-4-6-14)24-21(22(25)29)30-12-11-26-18(27)9-10-19(26)28/h2-10,13,21H,11-12H2,1H3. The third-order valence-corrected chi connectivity index (χ3v) is 5.14. The van der Waals surface area contributed by atoms with Gasteiger partial charge in [-0.15, -0.1) is 0 Å². The van der Waals surface area contributed by atoms with Crippen LogP contribution in [0.5, 0.6) is 0 Å². The number of carbonyl (C=O) groups is 3. The Labute approximate surface area is 178 Å². The van der Waals surface area contributed by atoms with E-state index in [4.69, 9.17) is 16.3 Å². The second-order valence-corrected chi connectivity index (χ2v) is 7.22. The number of halogens is 1. The molecule has 2 heterocycles. The molecule has 152 valence electrons. The number of amides is 3. The molecular formula is C22H18ClN3O4. The Morgan fingerprint density at radius 3 is 2.43 bits per heavy atom. The van der Waals surface area contributed by atoms with Gasteiger partial charge in [-0.05, 0) is 18.2 Å². The van der Waals surface area contributed by atoms with Crippen LogP contribution in [0.1, 0.15) is 11.1 Å². The largest absolute Gasteiger partial charge is 0.346 e. The van der Waals surface area contributed by atoms with E-state index in [2.05, 4.69) is 4.99 Å². The molecule has 0 saturated heterocycles. The Morgan fingerprint density at radius 1 is 1.03 bits per heavy atom. The number of carbonyl (C=O) groups excluding carboxylic acids is 3. The van der Waals surface area contributed by atoms with E-state index in [0.29, 0.717) is 22.0 Å². The number of hydrogen-bond donors (Lipinski definition) is 0. The maximum atomic E-state index is 13.0. The first-order valence-corrected chi connectivity index (χ1v) is 9.69. The van der Waals surface area contributed by atoms with Gasteiger partial charge in [-0.1, -0.05) is 41.9 Å². The van der Waals surface area contributed by atoms with E-state index < -0.39 is 18.0 Å². The van der Waals surface area contributed by atoms with Crippen molar-refractivity contribution in [3.8, 4) is 0 Å². The van der Waals surface area contributed by atoms with Crippen LogP contribution >= 0.6 is 11.6 Å². The lowest BCUT2D eigenvalue weighted by Crippen LogP contribution is -2.39. The molecule has 0 fully saturated rings. The fourth-order valence-corrected chi connectivity index (χ4v) is 3.53. The Hall–Kier alpha value is -3.29. The fraction of sp³-hybridized carbons (Fsp3) is 0.182. The van der Waals surface area contributed by atoms with Crippen molar-refractivity contribution in [1.82, 2.24) is 4.90 Å². The molecule has 4 rings (SSSR count). The van der Waals surface area contributed by atoms with E-state index in [-0.39, 0.29) is 19.1 Å². The van der Waals surface area contributed by atoms with Gasteiger partial charge in [0.15, 0.2) is 0 Å². The van der Waals surface area contributed by atoms with Crippen LogP contribution in [-0.2, 0) is 19.1 Å². The minimum atomic E-state index is -1.13. The lowest BCUT2D eigenvalue weighted by molar-refractivity contribution is -0.138. The van der Waals surface area contributed by atoms with Crippen molar-refractivity contribution in [3.63, 3.8) is 0 Å². The summed E-state index contributed by atoms with van der Waals surface area (Å²) in [7, 11) is 1.65. The molecule has 2 aliphatic heterocycles. The van der Waals surface area contributed by atoms with Gasteiger partial charge >= 0.3 is 0 Å². The van der Waals surface area contributed by atoms with Gasteiger partial charge in [0, 0.05) is 35.3 Å². The number of ether oxygens (including phenoxy) is 1. The van der Waals surface area contributed by atoms with E-state index in [1.54, 1.807) is 25.2 Å². The van der Waals surface area contributed by atoms with Crippen molar-refractivity contribution < 1.29 is 19.1 Å². The van der Waals surface area contributed by atoms with Gasteiger partial charge in [0.2, 0.25) is 6.23 Å². The lowest BCUT2D eigenvalue weighted by Gasteiger charge is -2.21. The van der Waals surface area contributed by atoms with Crippen LogP contribution in [0, 0.1) is 0 Å². The summed E-state index contributed by atoms with van der Waals surface area (Å²) in [6.07, 6.45) is 1.29. The van der Waals surface area contributed by atoms with Crippen LogP contribution < -0.4 is 4.90 Å². The van der Waals surface area contributed by atoms with Crippen LogP contribution in [0.4, 0.5) is 5.69 Å². The zero-order valence-corrected chi connectivity index (χ0v) is 16.9. The van der Waals surface area contributed by atoms with Crippen molar-refractivity contribution in [2.24, 2.45) is 4.99 Å². The SMILES string of the molecule is CN1C(=O)C(OCCN2C(=O)C=CC2=O)N=C(c2ccccc2)c2cc(Cl)ccc21. The average Bonchev–Trinajstić information content (AvgIpc) is 3.02. The molecule has 2 aliphatic rings. The molecule has 2 aromatic carbocycles. The number of hydrogen-bond acceptors (Lipinski definition) is 5. The number of rotatable bonds is 5. The molecule has 0 aliphatic carbocycles. The first-order valence-electron chi connectivity index (χ1n) is 9.31. The second kappa shape index (κ2) is 8.22. The Kier molecular flexibility index (Phi) is 5.48. The molecule has 0 N–H and O–H groups in total. The molecule has 0 spiro atoms. The number of likely N-dealkylation sites (N-methyl/N-ethyl adjacent to an activating group) is 1. The van der Waals surface area contributed by atoms with Gasteiger partial charge in [0.25, 0.3) is 17.7 Å². The Balaban J connectivity index is 1.65. The minimum Gasteiger partial charge on any atom is -0.346 e. The van der Waals surface area contributed by atoms with Crippen LogP contribution in [0.25, 0.3) is 0 Å². The highest BCUT2D eigenvalue weighted by molar-refractivity contribution is 6.32. The summed E-state index contributed by atoms with van der Waals surface area (Å²) in [6, 6.07) is 14.7. The highest BCUT2D eigenvalue weighted by atomic mass is 35.5. The predicted molar refractivity (Wildman–Crippen MR) is 113 cm³/mol. The highest BCUT2D eigenvalue weighted by Crippen LogP contribution is 2.30. The molecule has 0 aromatic heterocycles. The highest BCUT2D eigenvalue weighted by Gasteiger charge is 2.31. The van der Waals surface area contributed by atoms with Crippen LogP contribution in [-0.4, -0.2) is 54.8 Å². The third kappa shape index (κ3) is 3.77. The van der Waals surface area contributed by atoms with Crippen molar-refractivity contribution in [2.45, 2.75) is 6.23 Å².